The van der Waals surface area contributed by atoms with E-state index in [0.717, 1.165) is 5.56 Å². The number of benzene rings is 2. The van der Waals surface area contributed by atoms with E-state index in [9.17, 15) is 4.79 Å². The van der Waals surface area contributed by atoms with E-state index in [1.54, 1.807) is 63.2 Å². The number of hydrogen-bond acceptors (Lipinski definition) is 8. The minimum absolute atomic E-state index is 0.139. The van der Waals surface area contributed by atoms with Crippen molar-refractivity contribution in [2.75, 3.05) is 11.9 Å². The van der Waals surface area contributed by atoms with Crippen molar-refractivity contribution in [2.45, 2.75) is 20.8 Å². The van der Waals surface area contributed by atoms with E-state index in [1.807, 2.05) is 0 Å². The van der Waals surface area contributed by atoms with Crippen LogP contribution in [0.15, 0.2) is 73.1 Å². The zero-order valence-corrected chi connectivity index (χ0v) is 21.2. The lowest BCUT2D eigenvalue weighted by atomic mass is 10.0. The van der Waals surface area contributed by atoms with Gasteiger partial charge in [0.25, 0.3) is 5.91 Å². The highest BCUT2D eigenvalue weighted by Crippen LogP contribution is 2.18. The molecule has 0 fully saturated rings. The van der Waals surface area contributed by atoms with Crippen molar-refractivity contribution in [3.05, 3.63) is 59.2 Å². The predicted octanol–water partition coefficient (Wildman–Crippen LogP) is -0.304. The van der Waals surface area contributed by atoms with Crippen molar-refractivity contribution >= 4 is 46.6 Å². The number of carbonyl (C=O) groups is 1. The van der Waals surface area contributed by atoms with Gasteiger partial charge in [0.1, 0.15) is 5.75 Å². The Morgan fingerprint density at radius 3 is 1.50 bits per heavy atom. The number of guanidine groups is 3. The second-order valence-electron chi connectivity index (χ2n) is 7.79. The molecule has 15 nitrogen and oxygen atoms in total. The molecule has 0 aromatic heterocycles. The number of nitrogens with zero attached hydrogens (tertiary/aromatic N) is 6. The van der Waals surface area contributed by atoms with Crippen LogP contribution in [0.3, 0.4) is 0 Å². The van der Waals surface area contributed by atoms with Gasteiger partial charge in [-0.1, -0.05) is 0 Å². The summed E-state index contributed by atoms with van der Waals surface area (Å²) in [6, 6.07) is 12.1. The van der Waals surface area contributed by atoms with Crippen molar-refractivity contribution in [1.82, 2.24) is 0 Å². The summed E-state index contributed by atoms with van der Waals surface area (Å²) in [5.74, 6) is -0.448. The van der Waals surface area contributed by atoms with Crippen LogP contribution in [0.25, 0.3) is 0 Å². The average Bonchev–Trinajstić information content (AvgIpc) is 2.87. The molecule has 38 heavy (non-hydrogen) atoms. The van der Waals surface area contributed by atoms with E-state index in [1.165, 1.54) is 0 Å². The fraction of sp³-hybridized carbons (Fsp3) is 0.174. The highest BCUT2D eigenvalue weighted by molar-refractivity contribution is 6.06. The first kappa shape index (κ1) is 28.8. The quantitative estimate of drug-likeness (QED) is 0.123. The number of hydrogen-bond donors (Lipinski definition) is 7. The summed E-state index contributed by atoms with van der Waals surface area (Å²) in [6.45, 7) is 4.92. The van der Waals surface area contributed by atoms with Crippen molar-refractivity contribution in [3.8, 4) is 5.75 Å². The molecule has 1 amide bonds. The Balaban J connectivity index is 2.20. The van der Waals surface area contributed by atoms with E-state index >= 15 is 0 Å². The number of nitrogens with one attached hydrogen (secondary N) is 1. The molecule has 15 heteroatoms. The lowest BCUT2D eigenvalue weighted by Crippen LogP contribution is -2.22. The number of amides is 1. The van der Waals surface area contributed by atoms with Crippen LogP contribution < -0.4 is 44.5 Å². The zero-order valence-electron chi connectivity index (χ0n) is 21.2. The van der Waals surface area contributed by atoms with Crippen LogP contribution in [0, 0.1) is 0 Å². The van der Waals surface area contributed by atoms with Gasteiger partial charge in [-0.15, -0.1) is 15.3 Å². The van der Waals surface area contributed by atoms with E-state index in [0.29, 0.717) is 39.7 Å². The average molecular weight is 522 g/mol. The molecule has 2 rings (SSSR count). The molecular weight excluding hydrogens is 490 g/mol. The van der Waals surface area contributed by atoms with E-state index < -0.39 is 5.91 Å². The molecule has 0 saturated heterocycles. The predicted molar refractivity (Wildman–Crippen MR) is 151 cm³/mol. The molecule has 0 atom stereocenters. The molecular formula is C23H31N13O2. The molecule has 0 unspecified atom stereocenters. The van der Waals surface area contributed by atoms with Crippen molar-refractivity contribution in [3.63, 3.8) is 0 Å². The summed E-state index contributed by atoms with van der Waals surface area (Å²) in [4.78, 5) is 12.6. The van der Waals surface area contributed by atoms with Crippen LogP contribution in [-0.4, -0.2) is 47.5 Å². The van der Waals surface area contributed by atoms with Crippen molar-refractivity contribution in [1.29, 1.82) is 0 Å². The minimum atomic E-state index is -0.402. The normalized spacial score (nSPS) is 11.8. The van der Waals surface area contributed by atoms with Gasteiger partial charge in [0.2, 0.25) is 17.9 Å². The van der Waals surface area contributed by atoms with Gasteiger partial charge in [0.15, 0.2) is 6.61 Å². The maximum Gasteiger partial charge on any atom is 0.262 e. The highest BCUT2D eigenvalue weighted by atomic mass is 16.5. The summed E-state index contributed by atoms with van der Waals surface area (Å²) in [5.41, 5.74) is 36.1. The van der Waals surface area contributed by atoms with Gasteiger partial charge in [0, 0.05) is 16.8 Å². The van der Waals surface area contributed by atoms with Crippen LogP contribution >= 0.6 is 0 Å². The minimum Gasteiger partial charge on any atom is -0.484 e. The molecule has 2 aromatic rings. The van der Waals surface area contributed by atoms with Crippen LogP contribution in [0.2, 0.25) is 0 Å². The molecule has 0 aliphatic carbocycles. The van der Waals surface area contributed by atoms with Crippen molar-refractivity contribution < 1.29 is 9.53 Å². The largest absolute Gasteiger partial charge is 0.484 e. The third-order valence-electron chi connectivity index (χ3n) is 4.64. The second-order valence-corrected chi connectivity index (χ2v) is 7.79. The molecule has 200 valence electrons. The summed E-state index contributed by atoms with van der Waals surface area (Å²) in [6.07, 6.45) is 0. The second kappa shape index (κ2) is 13.6. The standard InChI is InChI=1S/C23H31N13O2/c1-12(31-34-21(24)25)15-4-6-19(7-5-15)38-11-20(37)30-18-9-16(13(2)32-35-22(26)27)8-17(10-18)14(3)33-36-23(28)29/h4-10H,11H2,1-3H3,(H,30,37)(H4,24,25,34)(H4,26,27,35)(H4,28,29,36)/b31-12+,32-13-,33-14+. The van der Waals surface area contributed by atoms with Crippen molar-refractivity contribution in [2.24, 2.45) is 65.0 Å². The maximum atomic E-state index is 12.6. The summed E-state index contributed by atoms with van der Waals surface area (Å²) in [7, 11) is 0. The van der Waals surface area contributed by atoms with Crippen LogP contribution in [0.5, 0.6) is 5.75 Å². The number of rotatable bonds is 10. The van der Waals surface area contributed by atoms with Crippen LogP contribution in [0.1, 0.15) is 37.5 Å². The van der Waals surface area contributed by atoms with E-state index in [-0.39, 0.29) is 24.5 Å². The maximum absolute atomic E-state index is 12.6. The molecule has 0 aliphatic heterocycles. The van der Waals surface area contributed by atoms with E-state index in [2.05, 4.69) is 35.9 Å². The molecule has 0 aliphatic rings. The van der Waals surface area contributed by atoms with Gasteiger partial charge in [0.05, 0.1) is 17.1 Å². The Morgan fingerprint density at radius 1 is 0.658 bits per heavy atom. The molecule has 0 saturated carbocycles. The summed E-state index contributed by atoms with van der Waals surface area (Å²) >= 11 is 0. The van der Waals surface area contributed by atoms with Gasteiger partial charge in [-0.05, 0) is 68.8 Å². The monoisotopic (exact) mass is 521 g/mol. The smallest absolute Gasteiger partial charge is 0.262 e. The van der Waals surface area contributed by atoms with Gasteiger partial charge in [-0.25, -0.2) is 0 Å². The van der Waals surface area contributed by atoms with Gasteiger partial charge >= 0.3 is 0 Å². The fourth-order valence-corrected chi connectivity index (χ4v) is 2.83. The Hall–Kier alpha value is -5.47. The molecule has 0 heterocycles. The molecule has 0 bridgehead atoms. The first-order valence-electron chi connectivity index (χ1n) is 11.0. The summed E-state index contributed by atoms with van der Waals surface area (Å²) in [5, 5.41) is 25.6. The van der Waals surface area contributed by atoms with Gasteiger partial charge in [-0.2, -0.15) is 15.3 Å². The van der Waals surface area contributed by atoms with Gasteiger partial charge in [-0.3, -0.25) is 4.79 Å². The number of nitrogens with two attached hydrogens (primary N) is 6. The summed E-state index contributed by atoms with van der Waals surface area (Å²) < 4.78 is 5.60. The SMILES string of the molecule is C/C(=N/N=C(N)N)c1cc(NC(=O)COc2ccc(/C(C)=N/N=C(N)N)cc2)cc(/C(C)=N/N=C(N)N)c1. The number of carbonyl (C=O) groups excluding carboxylic acids is 1. The lowest BCUT2D eigenvalue weighted by molar-refractivity contribution is -0.118. The van der Waals surface area contributed by atoms with E-state index in [4.69, 9.17) is 39.1 Å². The number of ether oxygens (including phenoxy) is 1. The molecule has 13 N–H and O–H groups in total. The van der Waals surface area contributed by atoms with Crippen LogP contribution in [-0.2, 0) is 4.79 Å². The first-order chi connectivity index (χ1) is 17.9. The third kappa shape index (κ3) is 9.65. The lowest BCUT2D eigenvalue weighted by Gasteiger charge is -2.12. The topological polar surface area (TPSA) is 269 Å². The molecule has 0 spiro atoms. The fourth-order valence-electron chi connectivity index (χ4n) is 2.83. The van der Waals surface area contributed by atoms with Crippen LogP contribution in [0.4, 0.5) is 5.69 Å². The Labute approximate surface area is 219 Å². The Bertz CT molecular complexity index is 1280. The zero-order chi connectivity index (χ0) is 28.2. The molecule has 2 aromatic carbocycles. The Morgan fingerprint density at radius 2 is 1.08 bits per heavy atom. The third-order valence-corrected chi connectivity index (χ3v) is 4.64. The van der Waals surface area contributed by atoms with Gasteiger partial charge < -0.3 is 44.5 Å². The highest BCUT2D eigenvalue weighted by Gasteiger charge is 2.10. The first-order valence-corrected chi connectivity index (χ1v) is 11.0. The Kier molecular flexibility index (Phi) is 10.3. The number of anilines is 1. The molecule has 0 radical (unpaired) electrons.